The van der Waals surface area contributed by atoms with Gasteiger partial charge < -0.3 is 10.3 Å². The molecule has 1 aromatic heterocycles. The molecule has 0 fully saturated rings. The number of benzene rings is 2. The molecule has 0 unspecified atom stereocenters. The third-order valence-corrected chi connectivity index (χ3v) is 4.85. The van der Waals surface area contributed by atoms with Crippen LogP contribution in [0.15, 0.2) is 48.5 Å². The summed E-state index contributed by atoms with van der Waals surface area (Å²) < 4.78 is 0. The molecule has 5 nitrogen and oxygen atoms in total. The van der Waals surface area contributed by atoms with E-state index in [9.17, 15) is 4.79 Å². The molecule has 0 radical (unpaired) electrons. The molecule has 0 saturated heterocycles. The standard InChI is InChI=1S/C20H17N3O2/c24-20-14-3-1-4-17-18(14)15(11-25-23-20)19(22-17)13-8-6-12(7-9-13)16-5-2-10-21-16/h1,3-9,21-22H,2,10-11H2,(H,23,24). The number of amides is 1. The van der Waals surface area contributed by atoms with Crippen LogP contribution in [-0.2, 0) is 11.4 Å². The van der Waals surface area contributed by atoms with Crippen molar-refractivity contribution in [2.75, 3.05) is 6.54 Å². The topological polar surface area (TPSA) is 66.2 Å². The zero-order chi connectivity index (χ0) is 16.8. The maximum atomic E-state index is 12.2. The van der Waals surface area contributed by atoms with E-state index >= 15 is 0 Å². The first-order chi connectivity index (χ1) is 12.3. The summed E-state index contributed by atoms with van der Waals surface area (Å²) >= 11 is 0. The summed E-state index contributed by atoms with van der Waals surface area (Å²) in [7, 11) is 0. The van der Waals surface area contributed by atoms with Crippen LogP contribution in [0.25, 0.3) is 27.9 Å². The molecule has 2 aliphatic heterocycles. The second-order valence-corrected chi connectivity index (χ2v) is 6.34. The predicted molar refractivity (Wildman–Crippen MR) is 96.6 cm³/mol. The van der Waals surface area contributed by atoms with Crippen molar-refractivity contribution in [2.24, 2.45) is 0 Å². The Labute approximate surface area is 144 Å². The minimum atomic E-state index is -0.204. The fourth-order valence-corrected chi connectivity index (χ4v) is 3.66. The molecule has 0 atom stereocenters. The molecule has 3 aromatic rings. The Morgan fingerprint density at radius 2 is 1.84 bits per heavy atom. The van der Waals surface area contributed by atoms with Gasteiger partial charge in [0.1, 0.15) is 6.61 Å². The Bertz CT molecular complexity index is 1020. The van der Waals surface area contributed by atoms with Crippen molar-refractivity contribution in [3.8, 4) is 11.3 Å². The maximum absolute atomic E-state index is 12.2. The smallest absolute Gasteiger partial charge is 0.275 e. The lowest BCUT2D eigenvalue weighted by molar-refractivity contribution is 0.0256. The van der Waals surface area contributed by atoms with Gasteiger partial charge in [-0.2, -0.15) is 0 Å². The van der Waals surface area contributed by atoms with Crippen LogP contribution < -0.4 is 10.8 Å². The second-order valence-electron chi connectivity index (χ2n) is 6.34. The zero-order valence-electron chi connectivity index (χ0n) is 13.6. The number of hydrogen-bond donors (Lipinski definition) is 3. The van der Waals surface area contributed by atoms with E-state index in [0.717, 1.165) is 40.7 Å². The van der Waals surface area contributed by atoms with E-state index in [4.69, 9.17) is 4.84 Å². The first kappa shape index (κ1) is 14.3. The Kier molecular flexibility index (Phi) is 3.15. The summed E-state index contributed by atoms with van der Waals surface area (Å²) in [6.45, 7) is 1.34. The summed E-state index contributed by atoms with van der Waals surface area (Å²) in [5.74, 6) is -0.204. The SMILES string of the molecule is O=C1NOCc2c(-c3ccc(C4=CCCN4)cc3)[nH]c3cccc1c23. The van der Waals surface area contributed by atoms with Gasteiger partial charge in [0.05, 0.1) is 11.3 Å². The fraction of sp³-hybridized carbons (Fsp3) is 0.150. The molecule has 3 heterocycles. The van der Waals surface area contributed by atoms with Crippen LogP contribution >= 0.6 is 0 Å². The number of aromatic nitrogens is 1. The molecule has 124 valence electrons. The van der Waals surface area contributed by atoms with Gasteiger partial charge in [-0.3, -0.25) is 9.63 Å². The van der Waals surface area contributed by atoms with Crippen molar-refractivity contribution in [1.82, 2.24) is 15.8 Å². The summed E-state index contributed by atoms with van der Waals surface area (Å²) in [6, 6.07) is 14.2. The molecular formula is C20H17N3O2. The number of aromatic amines is 1. The van der Waals surface area contributed by atoms with Crippen molar-refractivity contribution in [3.05, 3.63) is 65.2 Å². The largest absolute Gasteiger partial charge is 0.385 e. The highest BCUT2D eigenvalue weighted by molar-refractivity contribution is 6.09. The van der Waals surface area contributed by atoms with Gasteiger partial charge in [-0.05, 0) is 29.7 Å². The summed E-state index contributed by atoms with van der Waals surface area (Å²) in [5, 5.41) is 4.33. The number of H-pyrrole nitrogens is 1. The van der Waals surface area contributed by atoms with Crippen LogP contribution in [0.3, 0.4) is 0 Å². The van der Waals surface area contributed by atoms with Crippen molar-refractivity contribution < 1.29 is 9.63 Å². The molecule has 3 N–H and O–H groups in total. The number of carbonyl (C=O) groups is 1. The van der Waals surface area contributed by atoms with Crippen LogP contribution in [0.1, 0.15) is 27.9 Å². The van der Waals surface area contributed by atoms with Gasteiger partial charge in [0.15, 0.2) is 0 Å². The third kappa shape index (κ3) is 2.24. The second kappa shape index (κ2) is 5.50. The normalized spacial score (nSPS) is 16.3. The van der Waals surface area contributed by atoms with E-state index in [1.807, 2.05) is 18.2 Å². The fourth-order valence-electron chi connectivity index (χ4n) is 3.66. The average molecular weight is 331 g/mol. The molecule has 0 bridgehead atoms. The maximum Gasteiger partial charge on any atom is 0.275 e. The minimum Gasteiger partial charge on any atom is -0.385 e. The van der Waals surface area contributed by atoms with E-state index in [0.29, 0.717) is 12.2 Å². The third-order valence-electron chi connectivity index (χ3n) is 4.85. The van der Waals surface area contributed by atoms with Gasteiger partial charge in [0.2, 0.25) is 0 Å². The molecule has 25 heavy (non-hydrogen) atoms. The molecule has 0 aliphatic carbocycles. The summed E-state index contributed by atoms with van der Waals surface area (Å²) in [4.78, 5) is 21.0. The van der Waals surface area contributed by atoms with Gasteiger partial charge in [-0.25, -0.2) is 5.48 Å². The van der Waals surface area contributed by atoms with Gasteiger partial charge in [-0.1, -0.05) is 36.4 Å². The Hall–Kier alpha value is -3.05. The van der Waals surface area contributed by atoms with E-state index in [1.54, 1.807) is 0 Å². The van der Waals surface area contributed by atoms with E-state index < -0.39 is 0 Å². The van der Waals surface area contributed by atoms with Crippen molar-refractivity contribution in [1.29, 1.82) is 0 Å². The van der Waals surface area contributed by atoms with E-state index in [-0.39, 0.29) is 5.91 Å². The Morgan fingerprint density at radius 3 is 2.64 bits per heavy atom. The lowest BCUT2D eigenvalue weighted by atomic mass is 10.0. The highest BCUT2D eigenvalue weighted by atomic mass is 16.6. The highest BCUT2D eigenvalue weighted by Crippen LogP contribution is 2.34. The first-order valence-electron chi connectivity index (χ1n) is 8.42. The molecule has 5 heteroatoms. The molecule has 2 aromatic carbocycles. The average Bonchev–Trinajstić information content (AvgIpc) is 3.26. The number of rotatable bonds is 2. The molecule has 1 amide bonds. The highest BCUT2D eigenvalue weighted by Gasteiger charge is 2.22. The van der Waals surface area contributed by atoms with Crippen LogP contribution in [-0.4, -0.2) is 17.4 Å². The quantitative estimate of drug-likeness (QED) is 0.675. The number of hydroxylamine groups is 1. The van der Waals surface area contributed by atoms with Crippen LogP contribution in [0, 0.1) is 0 Å². The van der Waals surface area contributed by atoms with Crippen LogP contribution in [0.2, 0.25) is 0 Å². The number of hydrogen-bond acceptors (Lipinski definition) is 3. The molecule has 0 spiro atoms. The summed E-state index contributed by atoms with van der Waals surface area (Å²) in [6.07, 6.45) is 3.30. The van der Waals surface area contributed by atoms with E-state index in [1.165, 1.54) is 11.3 Å². The van der Waals surface area contributed by atoms with Crippen molar-refractivity contribution >= 4 is 22.5 Å². The predicted octanol–water partition coefficient (Wildman–Crippen LogP) is 3.34. The Balaban J connectivity index is 1.64. The lowest BCUT2D eigenvalue weighted by Crippen LogP contribution is -2.21. The summed E-state index contributed by atoms with van der Waals surface area (Å²) in [5.41, 5.74) is 9.56. The Morgan fingerprint density at radius 1 is 1.00 bits per heavy atom. The van der Waals surface area contributed by atoms with E-state index in [2.05, 4.69) is 46.1 Å². The van der Waals surface area contributed by atoms with Gasteiger partial charge in [0, 0.05) is 28.7 Å². The molecule has 2 aliphatic rings. The molecule has 5 rings (SSSR count). The van der Waals surface area contributed by atoms with Gasteiger partial charge in [-0.15, -0.1) is 0 Å². The first-order valence-corrected chi connectivity index (χ1v) is 8.42. The van der Waals surface area contributed by atoms with Crippen LogP contribution in [0.4, 0.5) is 0 Å². The number of carbonyl (C=O) groups excluding carboxylic acids is 1. The zero-order valence-corrected chi connectivity index (χ0v) is 13.6. The van der Waals surface area contributed by atoms with Gasteiger partial charge in [0.25, 0.3) is 5.91 Å². The number of nitrogens with one attached hydrogen (secondary N) is 3. The minimum absolute atomic E-state index is 0.204. The molecule has 0 saturated carbocycles. The van der Waals surface area contributed by atoms with Crippen molar-refractivity contribution in [2.45, 2.75) is 13.0 Å². The van der Waals surface area contributed by atoms with Gasteiger partial charge >= 0.3 is 0 Å². The van der Waals surface area contributed by atoms with Crippen molar-refractivity contribution in [3.63, 3.8) is 0 Å². The lowest BCUT2D eigenvalue weighted by Gasteiger charge is -2.07. The monoisotopic (exact) mass is 331 g/mol. The van der Waals surface area contributed by atoms with Crippen LogP contribution in [0.5, 0.6) is 0 Å². The molecular weight excluding hydrogens is 314 g/mol.